The van der Waals surface area contributed by atoms with E-state index in [1.54, 1.807) is 0 Å². The van der Waals surface area contributed by atoms with Crippen molar-refractivity contribution in [1.29, 1.82) is 0 Å². The van der Waals surface area contributed by atoms with E-state index in [0.29, 0.717) is 5.41 Å². The van der Waals surface area contributed by atoms with E-state index >= 15 is 0 Å². The zero-order valence-corrected chi connectivity index (χ0v) is 12.6. The molecule has 0 heterocycles. The summed E-state index contributed by atoms with van der Waals surface area (Å²) in [6.45, 7) is 13.1. The van der Waals surface area contributed by atoms with Crippen LogP contribution in [-0.4, -0.2) is 25.0 Å². The van der Waals surface area contributed by atoms with E-state index in [4.69, 9.17) is 0 Å². The third-order valence-corrected chi connectivity index (χ3v) is 2.80. The lowest BCUT2D eigenvalue weighted by Gasteiger charge is -2.26. The van der Waals surface area contributed by atoms with Gasteiger partial charge in [0.05, 0.1) is 0 Å². The highest BCUT2D eigenvalue weighted by Crippen LogP contribution is 2.16. The maximum absolute atomic E-state index is 3.35. The van der Waals surface area contributed by atoms with Gasteiger partial charge in [0.15, 0.2) is 0 Å². The smallest absolute Gasteiger partial charge is 0.0230 e. The van der Waals surface area contributed by atoms with Crippen molar-refractivity contribution in [2.24, 2.45) is 5.41 Å². The lowest BCUT2D eigenvalue weighted by molar-refractivity contribution is 0.221. The zero-order valence-electron chi connectivity index (χ0n) is 12.6. The predicted molar refractivity (Wildman–Crippen MR) is 79.6 cm³/mol. The van der Waals surface area contributed by atoms with Crippen LogP contribution in [0.3, 0.4) is 0 Å². The topological polar surface area (TPSA) is 15.3 Å². The molecule has 0 radical (unpaired) electrons. The van der Waals surface area contributed by atoms with Gasteiger partial charge in [-0.15, -0.1) is 0 Å². The molecule has 0 atom stereocenters. The first-order valence-corrected chi connectivity index (χ1v) is 6.88. The Labute approximate surface area is 112 Å². The van der Waals surface area contributed by atoms with Gasteiger partial charge in [-0.3, -0.25) is 0 Å². The standard InChI is InChI=1S/C16H28N2/c1-6-17-11-14-7-9-15(10-8-14)12-18(5)13-16(2,3)4/h7-10,17H,6,11-13H2,1-5H3. The summed E-state index contributed by atoms with van der Waals surface area (Å²) in [4.78, 5) is 2.39. The van der Waals surface area contributed by atoms with E-state index in [9.17, 15) is 0 Å². The highest BCUT2D eigenvalue weighted by molar-refractivity contribution is 5.22. The molecule has 2 nitrogen and oxygen atoms in total. The summed E-state index contributed by atoms with van der Waals surface area (Å²) in [5.74, 6) is 0. The second-order valence-corrected chi connectivity index (χ2v) is 6.33. The molecule has 1 aromatic carbocycles. The number of nitrogens with one attached hydrogen (secondary N) is 1. The van der Waals surface area contributed by atoms with Crippen molar-refractivity contribution in [2.45, 2.75) is 40.8 Å². The molecule has 0 saturated heterocycles. The molecular formula is C16H28N2. The van der Waals surface area contributed by atoms with Gasteiger partial charge in [-0.2, -0.15) is 0 Å². The maximum Gasteiger partial charge on any atom is 0.0230 e. The fourth-order valence-electron chi connectivity index (χ4n) is 2.21. The Morgan fingerprint density at radius 3 is 2.11 bits per heavy atom. The van der Waals surface area contributed by atoms with Crippen LogP contribution in [0.25, 0.3) is 0 Å². The van der Waals surface area contributed by atoms with Gasteiger partial charge < -0.3 is 10.2 Å². The van der Waals surface area contributed by atoms with E-state index < -0.39 is 0 Å². The Balaban J connectivity index is 2.48. The van der Waals surface area contributed by atoms with Crippen molar-refractivity contribution in [3.05, 3.63) is 35.4 Å². The van der Waals surface area contributed by atoms with Crippen LogP contribution >= 0.6 is 0 Å². The summed E-state index contributed by atoms with van der Waals surface area (Å²) in [6, 6.07) is 8.93. The average molecular weight is 248 g/mol. The molecule has 0 aromatic heterocycles. The molecule has 1 rings (SSSR count). The van der Waals surface area contributed by atoms with Crippen LogP contribution in [0.4, 0.5) is 0 Å². The number of rotatable bonds is 6. The molecule has 0 saturated carbocycles. The van der Waals surface area contributed by atoms with Gasteiger partial charge in [0.2, 0.25) is 0 Å². The minimum atomic E-state index is 0.361. The predicted octanol–water partition coefficient (Wildman–Crippen LogP) is 3.27. The normalized spacial score (nSPS) is 12.1. The van der Waals surface area contributed by atoms with Crippen molar-refractivity contribution in [2.75, 3.05) is 20.1 Å². The van der Waals surface area contributed by atoms with Crippen LogP contribution in [0, 0.1) is 5.41 Å². The van der Waals surface area contributed by atoms with Gasteiger partial charge >= 0.3 is 0 Å². The van der Waals surface area contributed by atoms with Crippen LogP contribution in [0.1, 0.15) is 38.8 Å². The van der Waals surface area contributed by atoms with Crippen LogP contribution in [-0.2, 0) is 13.1 Å². The SMILES string of the molecule is CCNCc1ccc(CN(C)CC(C)(C)C)cc1. The lowest BCUT2D eigenvalue weighted by Crippen LogP contribution is -2.28. The molecule has 0 spiro atoms. The average Bonchev–Trinajstić information content (AvgIpc) is 2.25. The molecule has 1 N–H and O–H groups in total. The van der Waals surface area contributed by atoms with E-state index in [2.05, 4.69) is 69.2 Å². The third-order valence-electron chi connectivity index (χ3n) is 2.80. The Hall–Kier alpha value is -0.860. The van der Waals surface area contributed by atoms with Gasteiger partial charge in [-0.1, -0.05) is 52.0 Å². The largest absolute Gasteiger partial charge is 0.313 e. The Kier molecular flexibility index (Phi) is 5.83. The molecule has 18 heavy (non-hydrogen) atoms. The van der Waals surface area contributed by atoms with Crippen molar-refractivity contribution >= 4 is 0 Å². The van der Waals surface area contributed by atoms with E-state index in [0.717, 1.165) is 26.2 Å². The second-order valence-electron chi connectivity index (χ2n) is 6.33. The summed E-state index contributed by atoms with van der Waals surface area (Å²) in [6.07, 6.45) is 0. The maximum atomic E-state index is 3.35. The van der Waals surface area contributed by atoms with Gasteiger partial charge in [0.25, 0.3) is 0 Å². The zero-order chi connectivity index (χ0) is 13.6. The van der Waals surface area contributed by atoms with Gasteiger partial charge in [0.1, 0.15) is 0 Å². The van der Waals surface area contributed by atoms with Gasteiger partial charge in [0, 0.05) is 19.6 Å². The number of hydrogen-bond acceptors (Lipinski definition) is 2. The van der Waals surface area contributed by atoms with Crippen molar-refractivity contribution in [3.63, 3.8) is 0 Å². The summed E-state index contributed by atoms with van der Waals surface area (Å²) >= 11 is 0. The first kappa shape index (κ1) is 15.2. The molecule has 102 valence electrons. The second kappa shape index (κ2) is 6.91. The van der Waals surface area contributed by atoms with Crippen LogP contribution in [0.2, 0.25) is 0 Å². The van der Waals surface area contributed by atoms with Gasteiger partial charge in [-0.05, 0) is 30.1 Å². The molecule has 0 aliphatic carbocycles. The molecule has 0 aliphatic rings. The number of nitrogens with zero attached hydrogens (tertiary/aromatic N) is 1. The Bertz CT molecular complexity index is 335. The van der Waals surface area contributed by atoms with Crippen LogP contribution < -0.4 is 5.32 Å². The summed E-state index contributed by atoms with van der Waals surface area (Å²) in [7, 11) is 2.19. The minimum absolute atomic E-state index is 0.361. The summed E-state index contributed by atoms with van der Waals surface area (Å²) in [5, 5.41) is 3.35. The Morgan fingerprint density at radius 2 is 1.61 bits per heavy atom. The fourth-order valence-corrected chi connectivity index (χ4v) is 2.21. The monoisotopic (exact) mass is 248 g/mol. The van der Waals surface area contributed by atoms with E-state index in [1.165, 1.54) is 11.1 Å². The van der Waals surface area contributed by atoms with Gasteiger partial charge in [-0.25, -0.2) is 0 Å². The lowest BCUT2D eigenvalue weighted by atomic mass is 9.96. The summed E-state index contributed by atoms with van der Waals surface area (Å²) < 4.78 is 0. The highest BCUT2D eigenvalue weighted by Gasteiger charge is 2.13. The van der Waals surface area contributed by atoms with Crippen LogP contribution in [0.5, 0.6) is 0 Å². The highest BCUT2D eigenvalue weighted by atomic mass is 15.1. The molecule has 0 fully saturated rings. The van der Waals surface area contributed by atoms with Crippen molar-refractivity contribution < 1.29 is 0 Å². The molecular weight excluding hydrogens is 220 g/mol. The van der Waals surface area contributed by atoms with Crippen molar-refractivity contribution in [1.82, 2.24) is 10.2 Å². The fraction of sp³-hybridized carbons (Fsp3) is 0.625. The minimum Gasteiger partial charge on any atom is -0.313 e. The summed E-state index contributed by atoms with van der Waals surface area (Å²) in [5.41, 5.74) is 3.11. The third kappa shape index (κ3) is 6.18. The van der Waals surface area contributed by atoms with E-state index in [1.807, 2.05) is 0 Å². The Morgan fingerprint density at radius 1 is 1.06 bits per heavy atom. The first-order chi connectivity index (χ1) is 8.40. The molecule has 0 aliphatic heterocycles. The number of benzene rings is 1. The first-order valence-electron chi connectivity index (χ1n) is 6.88. The molecule has 0 unspecified atom stereocenters. The van der Waals surface area contributed by atoms with Crippen LogP contribution in [0.15, 0.2) is 24.3 Å². The molecule has 1 aromatic rings. The number of hydrogen-bond donors (Lipinski definition) is 1. The van der Waals surface area contributed by atoms with E-state index in [-0.39, 0.29) is 0 Å². The molecule has 2 heteroatoms. The van der Waals surface area contributed by atoms with Crippen molar-refractivity contribution in [3.8, 4) is 0 Å². The molecule has 0 amide bonds. The molecule has 0 bridgehead atoms. The quantitative estimate of drug-likeness (QED) is 0.831.